The summed E-state index contributed by atoms with van der Waals surface area (Å²) >= 11 is 0. The fourth-order valence-electron chi connectivity index (χ4n) is 3.59. The molecule has 5 rings (SSSR count). The summed E-state index contributed by atoms with van der Waals surface area (Å²) in [4.78, 5) is 38.5. The summed E-state index contributed by atoms with van der Waals surface area (Å²) in [5.74, 6) is -0.519. The lowest BCUT2D eigenvalue weighted by atomic mass is 10.0. The van der Waals surface area contributed by atoms with Crippen molar-refractivity contribution in [2.45, 2.75) is 6.04 Å². The zero-order chi connectivity index (χ0) is 21.4. The van der Waals surface area contributed by atoms with Crippen molar-refractivity contribution in [3.63, 3.8) is 0 Å². The third-order valence-electron chi connectivity index (χ3n) is 5.38. The Bertz CT molecular complexity index is 1260. The van der Waals surface area contributed by atoms with Gasteiger partial charge in [0, 0.05) is 22.2 Å². The van der Waals surface area contributed by atoms with E-state index in [1.54, 1.807) is 12.3 Å². The number of amides is 2. The predicted molar refractivity (Wildman–Crippen MR) is 117 cm³/mol. The number of para-hydroxylation sites is 1. The number of nitrogens with zero attached hydrogens (tertiary/aromatic N) is 3. The van der Waals surface area contributed by atoms with Crippen LogP contribution in [0.3, 0.4) is 0 Å². The molecule has 152 valence electrons. The Morgan fingerprint density at radius 3 is 2.52 bits per heavy atom. The summed E-state index contributed by atoms with van der Waals surface area (Å²) in [6, 6.07) is 18.8. The fourth-order valence-corrected chi connectivity index (χ4v) is 3.59. The number of nitrogens with one attached hydrogen (secondary N) is 2. The number of carbonyl (C=O) groups excluding carboxylic acids is 2. The molecule has 1 fully saturated rings. The largest absolute Gasteiger partial charge is 0.351 e. The Morgan fingerprint density at radius 2 is 1.81 bits per heavy atom. The average Bonchev–Trinajstić information content (AvgIpc) is 3.26. The average molecular weight is 409 g/mol. The second kappa shape index (κ2) is 7.53. The van der Waals surface area contributed by atoms with Crippen LogP contribution in [0.5, 0.6) is 0 Å². The van der Waals surface area contributed by atoms with E-state index in [9.17, 15) is 9.59 Å². The Labute approximate surface area is 178 Å². The van der Waals surface area contributed by atoms with Crippen molar-refractivity contribution in [1.29, 1.82) is 0 Å². The highest BCUT2D eigenvalue weighted by Crippen LogP contribution is 2.24. The zero-order valence-corrected chi connectivity index (χ0v) is 16.6. The number of hydrogen-bond acceptors (Lipinski definition) is 4. The lowest BCUT2D eigenvalue weighted by Gasteiger charge is -2.41. The van der Waals surface area contributed by atoms with E-state index in [2.05, 4.69) is 26.8 Å². The molecule has 2 amide bonds. The smallest absolute Gasteiger partial charge is 0.278 e. The monoisotopic (exact) mass is 409 g/mol. The van der Waals surface area contributed by atoms with Gasteiger partial charge in [0.05, 0.1) is 30.7 Å². The molecular weight excluding hydrogens is 390 g/mol. The standard InChI is InChI=1S/C24H19N5O2/c1-15-22(28-23(30)19-11-17-9-5-6-10-18(17)27-19)14-29(15)24(31)21-13-25-20(12-26-21)16-7-3-2-4-8-16/h2-13,22,27H,1,14H2,(H,28,30). The van der Waals surface area contributed by atoms with E-state index in [1.165, 1.54) is 11.1 Å². The van der Waals surface area contributed by atoms with Crippen LogP contribution in [0.1, 0.15) is 21.0 Å². The number of fused-ring (bicyclic) bond motifs is 1. The van der Waals surface area contributed by atoms with Crippen molar-refractivity contribution < 1.29 is 9.59 Å². The van der Waals surface area contributed by atoms with Crippen LogP contribution in [-0.4, -0.2) is 44.3 Å². The highest BCUT2D eigenvalue weighted by Gasteiger charge is 2.37. The normalized spacial score (nSPS) is 15.5. The SMILES string of the molecule is C=C1C(NC(=O)c2cc3ccccc3[nH]2)CN1C(=O)c1cnc(-c2ccccc2)cn1. The fraction of sp³-hybridized carbons (Fsp3) is 0.0833. The van der Waals surface area contributed by atoms with Crippen molar-refractivity contribution in [3.05, 3.63) is 96.7 Å². The Balaban J connectivity index is 1.23. The first-order valence-corrected chi connectivity index (χ1v) is 9.87. The third-order valence-corrected chi connectivity index (χ3v) is 5.38. The molecule has 2 aromatic heterocycles. The first-order valence-electron chi connectivity index (χ1n) is 9.87. The van der Waals surface area contributed by atoms with Gasteiger partial charge < -0.3 is 15.2 Å². The minimum Gasteiger partial charge on any atom is -0.351 e. The van der Waals surface area contributed by atoms with Crippen LogP contribution in [0.4, 0.5) is 0 Å². The highest BCUT2D eigenvalue weighted by molar-refractivity contribution is 5.99. The quantitative estimate of drug-likeness (QED) is 0.541. The third kappa shape index (κ3) is 3.46. The first-order chi connectivity index (χ1) is 15.1. The lowest BCUT2D eigenvalue weighted by molar-refractivity contribution is 0.0667. The van der Waals surface area contributed by atoms with E-state index in [0.29, 0.717) is 23.6 Å². The maximum Gasteiger partial charge on any atom is 0.278 e. The minimum absolute atomic E-state index is 0.235. The van der Waals surface area contributed by atoms with Crippen molar-refractivity contribution in [2.75, 3.05) is 6.54 Å². The predicted octanol–water partition coefficient (Wildman–Crippen LogP) is 3.39. The van der Waals surface area contributed by atoms with Crippen LogP contribution < -0.4 is 5.32 Å². The lowest BCUT2D eigenvalue weighted by Crippen LogP contribution is -2.58. The van der Waals surface area contributed by atoms with E-state index in [4.69, 9.17) is 0 Å². The van der Waals surface area contributed by atoms with Gasteiger partial charge in [0.15, 0.2) is 0 Å². The molecule has 1 aliphatic rings. The molecule has 3 heterocycles. The van der Waals surface area contributed by atoms with Gasteiger partial charge in [-0.1, -0.05) is 55.1 Å². The molecule has 1 saturated heterocycles. The number of aromatic amines is 1. The van der Waals surface area contributed by atoms with Crippen molar-refractivity contribution >= 4 is 22.7 Å². The van der Waals surface area contributed by atoms with Crippen LogP contribution in [-0.2, 0) is 0 Å². The topological polar surface area (TPSA) is 91.0 Å². The van der Waals surface area contributed by atoms with E-state index < -0.39 is 0 Å². The molecule has 2 N–H and O–H groups in total. The van der Waals surface area contributed by atoms with Crippen molar-refractivity contribution in [2.24, 2.45) is 0 Å². The van der Waals surface area contributed by atoms with Gasteiger partial charge in [-0.15, -0.1) is 0 Å². The summed E-state index contributed by atoms with van der Waals surface area (Å²) in [6.07, 6.45) is 3.05. The van der Waals surface area contributed by atoms with E-state index in [-0.39, 0.29) is 23.6 Å². The second-order valence-corrected chi connectivity index (χ2v) is 7.36. The zero-order valence-electron chi connectivity index (χ0n) is 16.6. The Hall–Kier alpha value is -4.26. The van der Waals surface area contributed by atoms with Gasteiger partial charge in [-0.2, -0.15) is 0 Å². The Morgan fingerprint density at radius 1 is 1.03 bits per heavy atom. The molecule has 2 aromatic carbocycles. The van der Waals surface area contributed by atoms with E-state index >= 15 is 0 Å². The molecule has 7 heteroatoms. The second-order valence-electron chi connectivity index (χ2n) is 7.36. The summed E-state index contributed by atoms with van der Waals surface area (Å²) in [7, 11) is 0. The molecule has 1 aliphatic heterocycles. The molecule has 1 unspecified atom stereocenters. The van der Waals surface area contributed by atoms with Crippen LogP contribution >= 0.6 is 0 Å². The van der Waals surface area contributed by atoms with Crippen molar-refractivity contribution in [1.82, 2.24) is 25.2 Å². The van der Waals surface area contributed by atoms with Gasteiger partial charge in [-0.3, -0.25) is 14.6 Å². The number of likely N-dealkylation sites (tertiary alicyclic amines) is 1. The molecule has 4 aromatic rings. The first kappa shape index (κ1) is 18.7. The number of rotatable bonds is 4. The molecule has 0 radical (unpaired) electrons. The van der Waals surface area contributed by atoms with Crippen LogP contribution in [0.15, 0.2) is 85.3 Å². The Kier molecular flexibility index (Phi) is 4.55. The van der Waals surface area contributed by atoms with E-state index in [1.807, 2.05) is 54.6 Å². The molecular formula is C24H19N5O2. The molecule has 0 bridgehead atoms. The van der Waals surface area contributed by atoms with E-state index in [0.717, 1.165) is 16.5 Å². The van der Waals surface area contributed by atoms with Crippen LogP contribution in [0.25, 0.3) is 22.2 Å². The van der Waals surface area contributed by atoms with Crippen LogP contribution in [0.2, 0.25) is 0 Å². The highest BCUT2D eigenvalue weighted by atomic mass is 16.2. The maximum atomic E-state index is 12.7. The molecule has 0 aliphatic carbocycles. The van der Waals surface area contributed by atoms with Gasteiger partial charge >= 0.3 is 0 Å². The molecule has 7 nitrogen and oxygen atoms in total. The number of carbonyl (C=O) groups is 2. The maximum absolute atomic E-state index is 12.7. The number of aromatic nitrogens is 3. The van der Waals surface area contributed by atoms with Crippen molar-refractivity contribution in [3.8, 4) is 11.3 Å². The van der Waals surface area contributed by atoms with Gasteiger partial charge in [-0.25, -0.2) is 4.98 Å². The molecule has 0 saturated carbocycles. The summed E-state index contributed by atoms with van der Waals surface area (Å²) in [5.41, 5.74) is 3.77. The molecule has 0 spiro atoms. The minimum atomic E-state index is -0.306. The van der Waals surface area contributed by atoms with Crippen LogP contribution in [0, 0.1) is 0 Å². The molecule has 31 heavy (non-hydrogen) atoms. The van der Waals surface area contributed by atoms with Gasteiger partial charge in [0.1, 0.15) is 11.4 Å². The number of hydrogen-bond donors (Lipinski definition) is 2. The summed E-state index contributed by atoms with van der Waals surface area (Å²) < 4.78 is 0. The molecule has 1 atom stereocenters. The van der Waals surface area contributed by atoms with Gasteiger partial charge in [0.2, 0.25) is 0 Å². The van der Waals surface area contributed by atoms with Gasteiger partial charge in [0.25, 0.3) is 11.8 Å². The summed E-state index contributed by atoms with van der Waals surface area (Å²) in [5, 5.41) is 3.88. The number of H-pyrrole nitrogens is 1. The summed E-state index contributed by atoms with van der Waals surface area (Å²) in [6.45, 7) is 4.30. The van der Waals surface area contributed by atoms with Gasteiger partial charge in [-0.05, 0) is 12.1 Å². The number of benzene rings is 2.